The SMILES string of the molecule is CC(=O)Nc1ccc(CN2CCC(N(C)c3cc(NC(=O)c4cccc(F)c4)ccn3)CC2)cc1.O=C(O)C(F)(F)F.O=C(O)C(F)(F)F. The van der Waals surface area contributed by atoms with Crippen molar-refractivity contribution in [3.63, 3.8) is 0 Å². The third-order valence-electron chi connectivity index (χ3n) is 6.72. The zero-order chi connectivity index (χ0) is 36.9. The van der Waals surface area contributed by atoms with Crippen LogP contribution in [0, 0.1) is 5.82 Å². The molecule has 1 aliphatic rings. The van der Waals surface area contributed by atoms with Crippen LogP contribution in [0.25, 0.3) is 0 Å². The number of likely N-dealkylation sites (tertiary alicyclic amines) is 1. The van der Waals surface area contributed by atoms with Gasteiger partial charge in [-0.3, -0.25) is 14.5 Å². The van der Waals surface area contributed by atoms with Crippen molar-refractivity contribution in [1.29, 1.82) is 0 Å². The molecule has 0 unspecified atom stereocenters. The molecule has 1 aromatic heterocycles. The maximum absolute atomic E-state index is 13.4. The molecule has 2 amide bonds. The molecule has 1 fully saturated rings. The largest absolute Gasteiger partial charge is 0.490 e. The summed E-state index contributed by atoms with van der Waals surface area (Å²) in [5, 5.41) is 19.9. The van der Waals surface area contributed by atoms with E-state index in [1.807, 2.05) is 25.2 Å². The van der Waals surface area contributed by atoms with Crippen LogP contribution in [0.5, 0.6) is 0 Å². The van der Waals surface area contributed by atoms with Gasteiger partial charge < -0.3 is 25.7 Å². The summed E-state index contributed by atoms with van der Waals surface area (Å²) in [4.78, 5) is 50.5. The number of carboxylic acid groups (broad SMARTS) is 2. The highest BCUT2D eigenvalue weighted by atomic mass is 19.4. The second-order valence-corrected chi connectivity index (χ2v) is 10.5. The van der Waals surface area contributed by atoms with E-state index in [1.54, 1.807) is 18.3 Å². The number of amides is 2. The Hall–Kier alpha value is -5.26. The second kappa shape index (κ2) is 17.8. The van der Waals surface area contributed by atoms with Gasteiger partial charge in [-0.15, -0.1) is 0 Å². The van der Waals surface area contributed by atoms with Crippen molar-refractivity contribution >= 4 is 40.9 Å². The van der Waals surface area contributed by atoms with Crippen LogP contribution in [-0.4, -0.2) is 82.4 Å². The second-order valence-electron chi connectivity index (χ2n) is 10.5. The van der Waals surface area contributed by atoms with E-state index in [2.05, 4.69) is 37.6 Å². The van der Waals surface area contributed by atoms with Crippen LogP contribution < -0.4 is 15.5 Å². The number of carbonyl (C=O) groups excluding carboxylic acids is 2. The van der Waals surface area contributed by atoms with Gasteiger partial charge in [0.2, 0.25) is 5.91 Å². The average Bonchev–Trinajstić information content (AvgIpc) is 3.01. The summed E-state index contributed by atoms with van der Waals surface area (Å²) in [6.45, 7) is 4.32. The number of anilines is 3. The summed E-state index contributed by atoms with van der Waals surface area (Å²) in [5.41, 5.74) is 2.92. The normalized spacial score (nSPS) is 13.5. The summed E-state index contributed by atoms with van der Waals surface area (Å²) in [6.07, 6.45) is -6.49. The highest BCUT2D eigenvalue weighted by molar-refractivity contribution is 6.04. The molecule has 4 N–H and O–H groups in total. The Morgan fingerprint density at radius 3 is 1.90 bits per heavy atom. The van der Waals surface area contributed by atoms with Gasteiger partial charge in [0.05, 0.1) is 0 Å². The number of hydrogen-bond acceptors (Lipinski definition) is 7. The number of carbonyl (C=O) groups is 4. The first kappa shape index (κ1) is 39.9. The Balaban J connectivity index is 0.000000500. The molecule has 0 spiro atoms. The number of nitrogens with one attached hydrogen (secondary N) is 2. The number of aliphatic carboxylic acids is 2. The average molecular weight is 704 g/mol. The van der Waals surface area contributed by atoms with E-state index < -0.39 is 30.1 Å². The summed E-state index contributed by atoms with van der Waals surface area (Å²) >= 11 is 0. The highest BCUT2D eigenvalue weighted by Gasteiger charge is 2.38. The van der Waals surface area contributed by atoms with E-state index in [4.69, 9.17) is 19.8 Å². The number of carboxylic acids is 2. The number of pyridine rings is 1. The topological polar surface area (TPSA) is 152 Å². The molecule has 3 aromatic rings. The highest BCUT2D eigenvalue weighted by Crippen LogP contribution is 2.24. The molecule has 2 aromatic carbocycles. The molecular weight excluding hydrogens is 671 g/mol. The molecule has 1 aliphatic heterocycles. The number of piperidine rings is 1. The van der Waals surface area contributed by atoms with E-state index in [1.165, 1.54) is 30.7 Å². The van der Waals surface area contributed by atoms with Crippen LogP contribution >= 0.6 is 0 Å². The van der Waals surface area contributed by atoms with Crippen LogP contribution in [0.4, 0.5) is 47.9 Å². The van der Waals surface area contributed by atoms with Gasteiger partial charge in [0, 0.05) is 68.8 Å². The molecule has 266 valence electrons. The third kappa shape index (κ3) is 14.2. The number of alkyl halides is 6. The Labute approximate surface area is 275 Å². The smallest absolute Gasteiger partial charge is 0.475 e. The van der Waals surface area contributed by atoms with Crippen molar-refractivity contribution in [3.05, 3.63) is 83.8 Å². The quantitative estimate of drug-likeness (QED) is 0.224. The monoisotopic (exact) mass is 703 g/mol. The molecule has 4 rings (SSSR count). The first-order valence-electron chi connectivity index (χ1n) is 14.2. The number of rotatable bonds is 7. The molecule has 0 radical (unpaired) electrons. The van der Waals surface area contributed by atoms with Crippen LogP contribution in [-0.2, 0) is 20.9 Å². The van der Waals surface area contributed by atoms with Crippen LogP contribution in [0.1, 0.15) is 35.7 Å². The zero-order valence-corrected chi connectivity index (χ0v) is 26.0. The number of aromatic nitrogens is 1. The van der Waals surface area contributed by atoms with Gasteiger partial charge in [-0.2, -0.15) is 26.3 Å². The Morgan fingerprint density at radius 2 is 1.41 bits per heavy atom. The van der Waals surface area contributed by atoms with Crippen LogP contribution in [0.3, 0.4) is 0 Å². The summed E-state index contributed by atoms with van der Waals surface area (Å²) in [6, 6.07) is 17.5. The molecule has 18 heteroatoms. The lowest BCUT2D eigenvalue weighted by Gasteiger charge is -2.37. The van der Waals surface area contributed by atoms with E-state index in [-0.39, 0.29) is 17.4 Å². The fourth-order valence-corrected chi connectivity index (χ4v) is 4.33. The minimum absolute atomic E-state index is 0.0714. The van der Waals surface area contributed by atoms with Crippen molar-refractivity contribution in [2.75, 3.05) is 35.7 Å². The van der Waals surface area contributed by atoms with E-state index in [0.717, 1.165) is 44.0 Å². The summed E-state index contributed by atoms with van der Waals surface area (Å²) in [7, 11) is 2.03. The number of hydrogen-bond donors (Lipinski definition) is 4. The summed E-state index contributed by atoms with van der Waals surface area (Å²) < 4.78 is 76.9. The Kier molecular flexibility index (Phi) is 14.5. The summed E-state index contributed by atoms with van der Waals surface area (Å²) in [5.74, 6) is -5.60. The van der Waals surface area contributed by atoms with Gasteiger partial charge in [0.15, 0.2) is 0 Å². The number of nitrogens with zero attached hydrogens (tertiary/aromatic N) is 3. The molecular formula is C31H32F7N5O6. The Morgan fingerprint density at radius 1 is 0.857 bits per heavy atom. The van der Waals surface area contributed by atoms with E-state index in [0.29, 0.717) is 11.7 Å². The van der Waals surface area contributed by atoms with E-state index >= 15 is 0 Å². The third-order valence-corrected chi connectivity index (χ3v) is 6.72. The predicted octanol–water partition coefficient (Wildman–Crippen LogP) is 5.80. The molecule has 2 heterocycles. The molecule has 0 atom stereocenters. The Bertz CT molecular complexity index is 1550. The fourth-order valence-electron chi connectivity index (χ4n) is 4.33. The molecule has 0 aliphatic carbocycles. The van der Waals surface area contributed by atoms with Crippen molar-refractivity contribution in [1.82, 2.24) is 9.88 Å². The van der Waals surface area contributed by atoms with Gasteiger partial charge in [-0.25, -0.2) is 19.0 Å². The van der Waals surface area contributed by atoms with Crippen LogP contribution in [0.2, 0.25) is 0 Å². The van der Waals surface area contributed by atoms with Gasteiger partial charge in [0.25, 0.3) is 5.91 Å². The molecule has 1 saturated heterocycles. The zero-order valence-electron chi connectivity index (χ0n) is 26.0. The lowest BCUT2D eigenvalue weighted by atomic mass is 10.0. The molecule has 49 heavy (non-hydrogen) atoms. The fraction of sp³-hybridized carbons (Fsp3) is 0.323. The number of benzene rings is 2. The van der Waals surface area contributed by atoms with Gasteiger partial charge in [-0.1, -0.05) is 18.2 Å². The molecule has 0 saturated carbocycles. The van der Waals surface area contributed by atoms with Crippen molar-refractivity contribution in [2.24, 2.45) is 0 Å². The predicted molar refractivity (Wildman–Crippen MR) is 163 cm³/mol. The lowest BCUT2D eigenvalue weighted by Crippen LogP contribution is -2.43. The maximum Gasteiger partial charge on any atom is 0.490 e. The van der Waals surface area contributed by atoms with Crippen molar-refractivity contribution < 1.29 is 60.1 Å². The minimum Gasteiger partial charge on any atom is -0.475 e. The standard InChI is InChI=1S/C27H30FN5O2.2C2HF3O2/c1-19(34)30-23-8-6-20(7-9-23)18-33-14-11-25(12-15-33)32(2)26-17-24(10-13-29-26)31-27(35)21-4-3-5-22(28)16-21;2*3-2(4,5)1(6)7/h3-10,13,16-17,25H,11-12,14-15,18H2,1-2H3,(H,30,34)(H,29,31,35);2*(H,6,7). The minimum atomic E-state index is -5.08. The van der Waals surface area contributed by atoms with Crippen molar-refractivity contribution in [3.8, 4) is 0 Å². The van der Waals surface area contributed by atoms with Gasteiger partial charge >= 0.3 is 24.3 Å². The first-order valence-corrected chi connectivity index (χ1v) is 14.2. The van der Waals surface area contributed by atoms with Crippen molar-refractivity contribution in [2.45, 2.75) is 44.7 Å². The lowest BCUT2D eigenvalue weighted by molar-refractivity contribution is -0.193. The molecule has 11 nitrogen and oxygen atoms in total. The first-order chi connectivity index (χ1) is 22.8. The van der Waals surface area contributed by atoms with Gasteiger partial charge in [-0.05, 0) is 54.8 Å². The molecule has 0 bridgehead atoms. The van der Waals surface area contributed by atoms with Gasteiger partial charge in [0.1, 0.15) is 11.6 Å². The maximum atomic E-state index is 13.4. The van der Waals surface area contributed by atoms with E-state index in [9.17, 15) is 40.3 Å². The van der Waals surface area contributed by atoms with Crippen LogP contribution in [0.15, 0.2) is 66.9 Å². The number of halogens is 7.